The molecule has 0 amide bonds. The van der Waals surface area contributed by atoms with E-state index in [1.807, 2.05) is 13.8 Å². The Morgan fingerprint density at radius 3 is 2.85 bits per heavy atom. The van der Waals surface area contributed by atoms with Gasteiger partial charge in [0.25, 0.3) is 0 Å². The molecule has 0 bridgehead atoms. The van der Waals surface area contributed by atoms with Crippen molar-refractivity contribution in [3.05, 3.63) is 34.6 Å². The Morgan fingerprint density at radius 1 is 1.45 bits per heavy atom. The molecule has 0 spiro atoms. The summed E-state index contributed by atoms with van der Waals surface area (Å²) in [6.07, 6.45) is 1.86. The van der Waals surface area contributed by atoms with Crippen LogP contribution in [0.4, 0.5) is 0 Å². The largest absolute Gasteiger partial charge is 0.481 e. The lowest BCUT2D eigenvalue weighted by Crippen LogP contribution is -2.19. The SMILES string of the molecule is CC(C)(CC(=O)O)Cc1nnc(-c2cc[nH]c(=O)c2)o1. The van der Waals surface area contributed by atoms with Gasteiger partial charge in [-0.1, -0.05) is 13.8 Å². The number of pyridine rings is 1. The highest BCUT2D eigenvalue weighted by molar-refractivity contribution is 5.67. The van der Waals surface area contributed by atoms with Gasteiger partial charge in [-0.3, -0.25) is 9.59 Å². The van der Waals surface area contributed by atoms with Crippen LogP contribution in [0.1, 0.15) is 26.2 Å². The minimum absolute atomic E-state index is 0.00964. The van der Waals surface area contributed by atoms with Crippen molar-refractivity contribution >= 4 is 5.97 Å². The number of carbonyl (C=O) groups is 1. The van der Waals surface area contributed by atoms with Crippen molar-refractivity contribution in [3.63, 3.8) is 0 Å². The molecule has 2 N–H and O–H groups in total. The maximum absolute atomic E-state index is 11.2. The first kappa shape index (κ1) is 14.0. The lowest BCUT2D eigenvalue weighted by Gasteiger charge is -2.19. The molecule has 20 heavy (non-hydrogen) atoms. The zero-order chi connectivity index (χ0) is 14.8. The van der Waals surface area contributed by atoms with Crippen LogP contribution in [-0.2, 0) is 11.2 Å². The Labute approximate surface area is 114 Å². The topological polar surface area (TPSA) is 109 Å². The zero-order valence-corrected chi connectivity index (χ0v) is 11.2. The van der Waals surface area contributed by atoms with Crippen LogP contribution in [0.25, 0.3) is 11.5 Å². The summed E-state index contributed by atoms with van der Waals surface area (Å²) >= 11 is 0. The maximum atomic E-state index is 11.2. The highest BCUT2D eigenvalue weighted by atomic mass is 16.4. The summed E-state index contributed by atoms with van der Waals surface area (Å²) in [6.45, 7) is 3.64. The number of hydrogen-bond donors (Lipinski definition) is 2. The summed E-state index contributed by atoms with van der Waals surface area (Å²) in [6, 6.07) is 3.01. The van der Waals surface area contributed by atoms with Crippen LogP contribution in [0.2, 0.25) is 0 Å². The third-order valence-electron chi connectivity index (χ3n) is 2.75. The van der Waals surface area contributed by atoms with E-state index in [0.29, 0.717) is 17.9 Å². The molecule has 7 nitrogen and oxygen atoms in total. The van der Waals surface area contributed by atoms with Crippen molar-refractivity contribution in [1.82, 2.24) is 15.2 Å². The summed E-state index contributed by atoms with van der Waals surface area (Å²) in [5, 5.41) is 16.6. The second-order valence-corrected chi connectivity index (χ2v) is 5.35. The molecule has 0 unspecified atom stereocenters. The number of H-pyrrole nitrogens is 1. The molecule has 0 aliphatic heterocycles. The summed E-state index contributed by atoms with van der Waals surface area (Å²) in [5.41, 5.74) is -0.207. The molecule has 0 aromatic carbocycles. The highest BCUT2D eigenvalue weighted by Gasteiger charge is 2.25. The average molecular weight is 277 g/mol. The first-order valence-electron chi connectivity index (χ1n) is 6.09. The quantitative estimate of drug-likeness (QED) is 0.856. The number of hydrogen-bond acceptors (Lipinski definition) is 5. The van der Waals surface area contributed by atoms with Gasteiger partial charge in [0.1, 0.15) is 0 Å². The molecule has 106 valence electrons. The van der Waals surface area contributed by atoms with Gasteiger partial charge in [-0.25, -0.2) is 0 Å². The van der Waals surface area contributed by atoms with Crippen molar-refractivity contribution in [2.24, 2.45) is 5.41 Å². The molecule has 0 fully saturated rings. The Hall–Kier alpha value is -2.44. The van der Waals surface area contributed by atoms with Crippen LogP contribution < -0.4 is 5.56 Å². The van der Waals surface area contributed by atoms with Crippen molar-refractivity contribution in [2.75, 3.05) is 0 Å². The van der Waals surface area contributed by atoms with E-state index in [2.05, 4.69) is 15.2 Å². The smallest absolute Gasteiger partial charge is 0.303 e. The van der Waals surface area contributed by atoms with Gasteiger partial charge in [0, 0.05) is 24.2 Å². The van der Waals surface area contributed by atoms with Gasteiger partial charge >= 0.3 is 5.97 Å². The molecule has 0 saturated heterocycles. The summed E-state index contributed by atoms with van der Waals surface area (Å²) in [4.78, 5) is 24.5. The molecule has 2 heterocycles. The minimum Gasteiger partial charge on any atom is -0.481 e. The Balaban J connectivity index is 2.17. The average Bonchev–Trinajstić information content (AvgIpc) is 2.74. The molecule has 7 heteroatoms. The molecule has 0 saturated carbocycles. The van der Waals surface area contributed by atoms with Gasteiger partial charge in [0.05, 0.1) is 6.42 Å². The fourth-order valence-corrected chi connectivity index (χ4v) is 1.90. The van der Waals surface area contributed by atoms with Gasteiger partial charge in [0.15, 0.2) is 0 Å². The van der Waals surface area contributed by atoms with Crippen molar-refractivity contribution in [2.45, 2.75) is 26.7 Å². The van der Waals surface area contributed by atoms with Crippen molar-refractivity contribution in [3.8, 4) is 11.5 Å². The maximum Gasteiger partial charge on any atom is 0.303 e. The highest BCUT2D eigenvalue weighted by Crippen LogP contribution is 2.26. The van der Waals surface area contributed by atoms with Gasteiger partial charge in [-0.2, -0.15) is 0 Å². The van der Waals surface area contributed by atoms with Crippen LogP contribution in [0, 0.1) is 5.41 Å². The van der Waals surface area contributed by atoms with E-state index in [9.17, 15) is 9.59 Å². The molecule has 0 radical (unpaired) electrons. The van der Waals surface area contributed by atoms with Gasteiger partial charge < -0.3 is 14.5 Å². The molecular weight excluding hydrogens is 262 g/mol. The van der Waals surface area contributed by atoms with E-state index in [-0.39, 0.29) is 17.9 Å². The van der Waals surface area contributed by atoms with Gasteiger partial charge in [0.2, 0.25) is 17.3 Å². The lowest BCUT2D eigenvalue weighted by molar-refractivity contribution is -0.139. The number of carboxylic acid groups (broad SMARTS) is 1. The predicted octanol–water partition coefficient (Wildman–Crippen LogP) is 1.47. The second kappa shape index (κ2) is 5.28. The Kier molecular flexibility index (Phi) is 3.69. The number of nitrogens with one attached hydrogen (secondary N) is 1. The van der Waals surface area contributed by atoms with Gasteiger partial charge in [-0.05, 0) is 11.5 Å². The molecule has 2 rings (SSSR count). The summed E-state index contributed by atoms with van der Waals surface area (Å²) in [5.74, 6) is -0.270. The van der Waals surface area contributed by atoms with Gasteiger partial charge in [-0.15, -0.1) is 10.2 Å². The lowest BCUT2D eigenvalue weighted by atomic mass is 9.86. The fraction of sp³-hybridized carbons (Fsp3) is 0.385. The number of rotatable bonds is 5. The molecular formula is C13H15N3O4. The third kappa shape index (κ3) is 3.53. The van der Waals surface area contributed by atoms with E-state index in [1.54, 1.807) is 6.07 Å². The third-order valence-corrected chi connectivity index (χ3v) is 2.75. The van der Waals surface area contributed by atoms with Crippen LogP contribution in [0.5, 0.6) is 0 Å². The van der Waals surface area contributed by atoms with Crippen molar-refractivity contribution in [1.29, 1.82) is 0 Å². The summed E-state index contributed by atoms with van der Waals surface area (Å²) in [7, 11) is 0. The number of aromatic nitrogens is 3. The molecule has 2 aromatic rings. The Bertz CT molecular complexity index is 672. The number of aromatic amines is 1. The predicted molar refractivity (Wildman–Crippen MR) is 70.1 cm³/mol. The first-order chi connectivity index (χ1) is 9.35. The fourth-order valence-electron chi connectivity index (χ4n) is 1.90. The molecule has 0 aliphatic rings. The second-order valence-electron chi connectivity index (χ2n) is 5.35. The Morgan fingerprint density at radius 2 is 2.20 bits per heavy atom. The van der Waals surface area contributed by atoms with E-state index in [1.165, 1.54) is 12.3 Å². The summed E-state index contributed by atoms with van der Waals surface area (Å²) < 4.78 is 5.47. The minimum atomic E-state index is -0.871. The monoisotopic (exact) mass is 277 g/mol. The molecule has 2 aromatic heterocycles. The normalized spacial score (nSPS) is 11.5. The molecule has 0 atom stereocenters. The van der Waals surface area contributed by atoms with E-state index in [4.69, 9.17) is 9.52 Å². The van der Waals surface area contributed by atoms with Crippen LogP contribution in [-0.4, -0.2) is 26.3 Å². The van der Waals surface area contributed by atoms with Crippen molar-refractivity contribution < 1.29 is 14.3 Å². The number of aliphatic carboxylic acids is 1. The van der Waals surface area contributed by atoms with Crippen LogP contribution in [0.15, 0.2) is 27.5 Å². The number of carboxylic acids is 1. The standard InChI is InChI=1S/C13H15N3O4/c1-13(2,7-11(18)19)6-10-15-16-12(20-10)8-3-4-14-9(17)5-8/h3-5H,6-7H2,1-2H3,(H,14,17)(H,18,19). The number of nitrogens with zero attached hydrogens (tertiary/aromatic N) is 2. The van der Waals surface area contributed by atoms with Crippen LogP contribution >= 0.6 is 0 Å². The molecule has 0 aliphatic carbocycles. The first-order valence-corrected chi connectivity index (χ1v) is 6.09. The van der Waals surface area contributed by atoms with E-state index < -0.39 is 11.4 Å². The zero-order valence-electron chi connectivity index (χ0n) is 11.2. The van der Waals surface area contributed by atoms with Crippen LogP contribution in [0.3, 0.4) is 0 Å². The van der Waals surface area contributed by atoms with E-state index >= 15 is 0 Å². The van der Waals surface area contributed by atoms with E-state index in [0.717, 1.165) is 0 Å².